The van der Waals surface area contributed by atoms with Crippen molar-refractivity contribution in [1.29, 1.82) is 0 Å². The number of nitrogens with two attached hydrogens (primary N) is 2. The molecule has 0 saturated heterocycles. The minimum Gasteiger partial charge on any atom is -0.481 e. The minimum absolute atomic E-state index is 0.483. The highest BCUT2D eigenvalue weighted by Gasteiger charge is 2.30. The molecule has 16 nitrogen and oxygen atoms in total. The van der Waals surface area contributed by atoms with Crippen LogP contribution < -0.4 is 27.4 Å². The maximum atomic E-state index is 12.5. The van der Waals surface area contributed by atoms with Gasteiger partial charge in [0.05, 0.1) is 19.1 Å². The Kier molecular flexibility index (Phi) is 12.7. The van der Waals surface area contributed by atoms with Gasteiger partial charge in [0.15, 0.2) is 0 Å². The Morgan fingerprint density at radius 3 is 1.55 bits per heavy atom. The fourth-order valence-corrected chi connectivity index (χ4v) is 2.39. The summed E-state index contributed by atoms with van der Waals surface area (Å²) in [5, 5.41) is 42.2. The summed E-state index contributed by atoms with van der Waals surface area (Å²) in [5.41, 5.74) is 10.3. The van der Waals surface area contributed by atoms with Crippen LogP contribution in [-0.4, -0.2) is 92.7 Å². The van der Waals surface area contributed by atoms with E-state index < -0.39 is 104 Å². The SMILES string of the molecule is NC(=O)CC(N)C(=O)NC(CO)C(=O)NC(CCC(=O)O)C(=O)NC(CCC(=O)O)C(=O)O. The van der Waals surface area contributed by atoms with Gasteiger partial charge in [-0.05, 0) is 12.8 Å². The molecule has 186 valence electrons. The lowest BCUT2D eigenvalue weighted by molar-refractivity contribution is -0.144. The third-order valence-electron chi connectivity index (χ3n) is 4.11. The molecule has 0 saturated carbocycles. The Labute approximate surface area is 186 Å². The molecule has 4 unspecified atom stereocenters. The molecule has 33 heavy (non-hydrogen) atoms. The molecule has 0 aromatic rings. The highest BCUT2D eigenvalue weighted by molar-refractivity contribution is 5.95. The van der Waals surface area contributed by atoms with Crippen LogP contribution in [0.25, 0.3) is 0 Å². The number of amides is 4. The van der Waals surface area contributed by atoms with E-state index in [4.69, 9.17) is 26.8 Å². The fraction of sp³-hybridized carbons (Fsp3) is 0.588. The number of hydrogen-bond donors (Lipinski definition) is 9. The van der Waals surface area contributed by atoms with Gasteiger partial charge in [0.2, 0.25) is 23.6 Å². The molecule has 0 radical (unpaired) electrons. The Bertz CT molecular complexity index is 772. The molecule has 0 aliphatic rings. The standard InChI is InChI=1S/C17H27N5O11/c18-7(5-11(19)24)14(29)22-10(6-23)16(31)20-8(1-3-12(25)26)15(30)21-9(17(32)33)2-4-13(27)28/h7-10,23H,1-6,18H2,(H2,19,24)(H,20,31)(H,21,30)(H,22,29)(H,25,26)(H,27,28)(H,32,33). The largest absolute Gasteiger partial charge is 0.481 e. The van der Waals surface area contributed by atoms with Crippen LogP contribution in [0.3, 0.4) is 0 Å². The van der Waals surface area contributed by atoms with Crippen molar-refractivity contribution in [3.63, 3.8) is 0 Å². The van der Waals surface area contributed by atoms with Gasteiger partial charge in [-0.1, -0.05) is 0 Å². The molecule has 0 aromatic heterocycles. The number of carboxylic acids is 3. The van der Waals surface area contributed by atoms with Gasteiger partial charge < -0.3 is 47.8 Å². The quantitative estimate of drug-likeness (QED) is 0.101. The van der Waals surface area contributed by atoms with Gasteiger partial charge in [-0.3, -0.25) is 28.8 Å². The predicted molar refractivity (Wildman–Crippen MR) is 106 cm³/mol. The van der Waals surface area contributed by atoms with Crippen LogP contribution in [0.4, 0.5) is 0 Å². The van der Waals surface area contributed by atoms with Gasteiger partial charge in [-0.15, -0.1) is 0 Å². The van der Waals surface area contributed by atoms with Gasteiger partial charge in [0, 0.05) is 12.8 Å². The average Bonchev–Trinajstić information content (AvgIpc) is 2.70. The molecule has 16 heteroatoms. The third-order valence-corrected chi connectivity index (χ3v) is 4.11. The van der Waals surface area contributed by atoms with Crippen LogP contribution in [-0.2, 0) is 33.6 Å². The summed E-state index contributed by atoms with van der Waals surface area (Å²) in [5.74, 6) is -8.40. The number of rotatable bonds is 16. The number of hydrogen-bond acceptors (Lipinski definition) is 9. The first-order valence-electron chi connectivity index (χ1n) is 9.50. The summed E-state index contributed by atoms with van der Waals surface area (Å²) in [6.45, 7) is -0.968. The van der Waals surface area contributed by atoms with E-state index in [1.165, 1.54) is 0 Å². The van der Waals surface area contributed by atoms with Gasteiger partial charge in [0.1, 0.15) is 18.1 Å². The van der Waals surface area contributed by atoms with Crippen molar-refractivity contribution in [2.24, 2.45) is 11.5 Å². The first-order valence-corrected chi connectivity index (χ1v) is 9.50. The van der Waals surface area contributed by atoms with Gasteiger partial charge >= 0.3 is 17.9 Å². The van der Waals surface area contributed by atoms with Crippen LogP contribution in [0.1, 0.15) is 32.1 Å². The van der Waals surface area contributed by atoms with Crippen molar-refractivity contribution in [3.05, 3.63) is 0 Å². The number of carbonyl (C=O) groups excluding carboxylic acids is 4. The molecule has 0 rings (SSSR count). The van der Waals surface area contributed by atoms with E-state index in [1.54, 1.807) is 0 Å². The first kappa shape index (κ1) is 29.2. The van der Waals surface area contributed by atoms with Crippen molar-refractivity contribution in [1.82, 2.24) is 16.0 Å². The van der Waals surface area contributed by atoms with E-state index in [9.17, 15) is 38.7 Å². The summed E-state index contributed by atoms with van der Waals surface area (Å²) in [4.78, 5) is 80.4. The maximum absolute atomic E-state index is 12.5. The molecule has 0 spiro atoms. The second kappa shape index (κ2) is 14.3. The van der Waals surface area contributed by atoms with Crippen molar-refractivity contribution in [2.75, 3.05) is 6.61 Å². The summed E-state index contributed by atoms with van der Waals surface area (Å²) in [6.07, 6.45) is -2.74. The summed E-state index contributed by atoms with van der Waals surface area (Å²) < 4.78 is 0. The minimum atomic E-state index is -1.65. The molecule has 0 aliphatic heterocycles. The molecular weight excluding hydrogens is 450 g/mol. The Morgan fingerprint density at radius 1 is 0.697 bits per heavy atom. The normalized spacial score (nSPS) is 14.1. The monoisotopic (exact) mass is 477 g/mol. The van der Waals surface area contributed by atoms with Crippen LogP contribution >= 0.6 is 0 Å². The van der Waals surface area contributed by atoms with E-state index in [2.05, 4.69) is 5.32 Å². The van der Waals surface area contributed by atoms with Crippen molar-refractivity contribution >= 4 is 41.5 Å². The first-order chi connectivity index (χ1) is 15.3. The Hall–Kier alpha value is -3.79. The van der Waals surface area contributed by atoms with Crippen LogP contribution in [0, 0.1) is 0 Å². The average molecular weight is 477 g/mol. The van der Waals surface area contributed by atoms with Crippen LogP contribution in [0.5, 0.6) is 0 Å². The number of aliphatic hydroxyl groups excluding tert-OH is 1. The third kappa shape index (κ3) is 12.0. The van der Waals surface area contributed by atoms with Crippen LogP contribution in [0.2, 0.25) is 0 Å². The number of carbonyl (C=O) groups is 7. The summed E-state index contributed by atoms with van der Waals surface area (Å²) in [7, 11) is 0. The number of carboxylic acid groups (broad SMARTS) is 3. The fourth-order valence-electron chi connectivity index (χ4n) is 2.39. The van der Waals surface area contributed by atoms with Crippen LogP contribution in [0.15, 0.2) is 0 Å². The second-order valence-electron chi connectivity index (χ2n) is 6.85. The molecule has 4 atom stereocenters. The Morgan fingerprint density at radius 2 is 1.12 bits per heavy atom. The molecule has 4 amide bonds. The zero-order valence-electron chi connectivity index (χ0n) is 17.4. The molecule has 0 heterocycles. The molecule has 11 N–H and O–H groups in total. The predicted octanol–water partition coefficient (Wildman–Crippen LogP) is -4.55. The van der Waals surface area contributed by atoms with E-state index in [0.29, 0.717) is 0 Å². The van der Waals surface area contributed by atoms with E-state index in [1.807, 2.05) is 10.6 Å². The topological polar surface area (TPSA) is 289 Å². The van der Waals surface area contributed by atoms with Crippen molar-refractivity contribution in [3.8, 4) is 0 Å². The Balaban J connectivity index is 5.36. The maximum Gasteiger partial charge on any atom is 0.326 e. The van der Waals surface area contributed by atoms with E-state index in [-0.39, 0.29) is 0 Å². The van der Waals surface area contributed by atoms with Gasteiger partial charge in [-0.2, -0.15) is 0 Å². The number of nitrogens with one attached hydrogen (secondary N) is 3. The summed E-state index contributed by atoms with van der Waals surface area (Å²) >= 11 is 0. The smallest absolute Gasteiger partial charge is 0.326 e. The van der Waals surface area contributed by atoms with Gasteiger partial charge in [0.25, 0.3) is 0 Å². The zero-order valence-corrected chi connectivity index (χ0v) is 17.4. The molecule has 0 aliphatic carbocycles. The second-order valence-corrected chi connectivity index (χ2v) is 6.85. The van der Waals surface area contributed by atoms with E-state index >= 15 is 0 Å². The van der Waals surface area contributed by atoms with Crippen molar-refractivity contribution in [2.45, 2.75) is 56.3 Å². The lowest BCUT2D eigenvalue weighted by atomic mass is 10.1. The number of primary amides is 1. The highest BCUT2D eigenvalue weighted by atomic mass is 16.4. The van der Waals surface area contributed by atoms with Gasteiger partial charge in [-0.25, -0.2) is 4.79 Å². The lowest BCUT2D eigenvalue weighted by Gasteiger charge is -2.24. The molecule has 0 fully saturated rings. The number of aliphatic carboxylic acids is 3. The zero-order chi connectivity index (χ0) is 25.7. The number of aliphatic hydroxyl groups is 1. The molecule has 0 bridgehead atoms. The van der Waals surface area contributed by atoms with Crippen molar-refractivity contribution < 1.29 is 54.0 Å². The summed E-state index contributed by atoms with van der Waals surface area (Å²) in [6, 6.07) is -6.33. The van der Waals surface area contributed by atoms with E-state index in [0.717, 1.165) is 0 Å². The molecule has 0 aromatic carbocycles. The molecular formula is C17H27N5O11. The highest BCUT2D eigenvalue weighted by Crippen LogP contribution is 2.04. The lowest BCUT2D eigenvalue weighted by Crippen LogP contribution is -2.58.